The van der Waals surface area contributed by atoms with Crippen molar-refractivity contribution in [2.75, 3.05) is 38.3 Å². The second-order valence-corrected chi connectivity index (χ2v) is 11.3. The lowest BCUT2D eigenvalue weighted by atomic mass is 9.86. The zero-order valence-electron chi connectivity index (χ0n) is 22.6. The van der Waals surface area contributed by atoms with Crippen LogP contribution in [0.25, 0.3) is 22.0 Å². The maximum atomic E-state index is 13.3. The van der Waals surface area contributed by atoms with Gasteiger partial charge in [-0.05, 0) is 64.3 Å². The van der Waals surface area contributed by atoms with Gasteiger partial charge in [-0.3, -0.25) is 0 Å². The third-order valence-corrected chi connectivity index (χ3v) is 7.41. The summed E-state index contributed by atoms with van der Waals surface area (Å²) in [6.45, 7) is 16.8. The summed E-state index contributed by atoms with van der Waals surface area (Å²) >= 11 is 0. The molecule has 1 aromatic heterocycles. The first kappa shape index (κ1) is 24.8. The van der Waals surface area contributed by atoms with Crippen molar-refractivity contribution in [1.29, 1.82) is 0 Å². The molecule has 192 valence electrons. The van der Waals surface area contributed by atoms with E-state index in [2.05, 4.69) is 60.6 Å². The molecule has 6 heteroatoms. The second kappa shape index (κ2) is 9.24. The largest absolute Gasteiger partial charge is 0.467 e. The number of carbonyl (C=O) groups excluding carboxylic acids is 1. The smallest absolute Gasteiger partial charge is 0.339 e. The van der Waals surface area contributed by atoms with Crippen LogP contribution in [0.4, 0.5) is 5.69 Å². The predicted octanol–water partition coefficient (Wildman–Crippen LogP) is 5.73. The molecular formula is C30H38N2O4. The number of methoxy groups -OCH3 is 1. The molecule has 0 bridgehead atoms. The van der Waals surface area contributed by atoms with Gasteiger partial charge in [0.2, 0.25) is 0 Å². The van der Waals surface area contributed by atoms with Crippen molar-refractivity contribution < 1.29 is 19.0 Å². The average Bonchev–Trinajstić information content (AvgIpc) is 3.13. The van der Waals surface area contributed by atoms with Crippen LogP contribution in [0.15, 0.2) is 30.3 Å². The number of esters is 1. The Labute approximate surface area is 214 Å². The van der Waals surface area contributed by atoms with Gasteiger partial charge in [0.15, 0.2) is 6.10 Å². The molecule has 1 saturated heterocycles. The third-order valence-electron chi connectivity index (χ3n) is 7.41. The van der Waals surface area contributed by atoms with E-state index in [0.29, 0.717) is 5.92 Å². The molecule has 6 nitrogen and oxygen atoms in total. The summed E-state index contributed by atoms with van der Waals surface area (Å²) in [6.07, 6.45) is -0.841. The number of ether oxygens (including phenoxy) is 3. The summed E-state index contributed by atoms with van der Waals surface area (Å²) in [4.78, 5) is 15.8. The summed E-state index contributed by atoms with van der Waals surface area (Å²) < 4.78 is 19.7. The van der Waals surface area contributed by atoms with Crippen molar-refractivity contribution in [3.63, 3.8) is 0 Å². The average molecular weight is 491 g/mol. The van der Waals surface area contributed by atoms with Crippen molar-refractivity contribution >= 4 is 22.6 Å². The number of carbonyl (C=O) groups is 1. The molecule has 2 aliphatic heterocycles. The molecule has 0 spiro atoms. The van der Waals surface area contributed by atoms with Gasteiger partial charge in [0.25, 0.3) is 0 Å². The molecule has 0 aliphatic carbocycles. The van der Waals surface area contributed by atoms with Crippen LogP contribution in [0.3, 0.4) is 0 Å². The van der Waals surface area contributed by atoms with Crippen LogP contribution >= 0.6 is 0 Å². The standard InChI is InChI=1S/C30H38N2O4/c1-18-8-10-22(11-9-18)25-23-14-19(2)32-13-12-31(15-21-16-35-17-21)26(27(23)32)20(3)24(25)28(29(33)34-7)36-30(4,5)6/h8-11,14,21,28H,12-13,15-17H2,1-7H3/t28-/m0/s1. The summed E-state index contributed by atoms with van der Waals surface area (Å²) in [5, 5.41) is 1.16. The summed E-state index contributed by atoms with van der Waals surface area (Å²) in [6, 6.07) is 10.8. The van der Waals surface area contributed by atoms with Gasteiger partial charge in [-0.25, -0.2) is 4.79 Å². The number of hydrogen-bond donors (Lipinski definition) is 0. The van der Waals surface area contributed by atoms with E-state index in [1.807, 2.05) is 20.8 Å². The molecule has 3 aromatic rings. The number of rotatable bonds is 6. The summed E-state index contributed by atoms with van der Waals surface area (Å²) in [7, 11) is 1.44. The van der Waals surface area contributed by atoms with Crippen molar-refractivity contribution in [3.05, 3.63) is 52.7 Å². The molecule has 3 heterocycles. The molecule has 2 aliphatic rings. The first-order valence-corrected chi connectivity index (χ1v) is 12.9. The summed E-state index contributed by atoms with van der Waals surface area (Å²) in [5.74, 6) is 0.156. The van der Waals surface area contributed by atoms with Gasteiger partial charge in [-0.15, -0.1) is 0 Å². The fraction of sp³-hybridized carbons (Fsp3) is 0.500. The molecule has 0 radical (unpaired) electrons. The van der Waals surface area contributed by atoms with E-state index < -0.39 is 11.7 Å². The zero-order chi connectivity index (χ0) is 25.8. The van der Waals surface area contributed by atoms with E-state index in [4.69, 9.17) is 14.2 Å². The lowest BCUT2D eigenvalue weighted by Crippen LogP contribution is -2.43. The van der Waals surface area contributed by atoms with Gasteiger partial charge in [-0.1, -0.05) is 29.8 Å². The molecule has 1 fully saturated rings. The Bertz CT molecular complexity index is 1300. The van der Waals surface area contributed by atoms with Crippen LogP contribution in [0.2, 0.25) is 0 Å². The molecule has 0 N–H and O–H groups in total. The van der Waals surface area contributed by atoms with E-state index in [1.165, 1.54) is 29.6 Å². The van der Waals surface area contributed by atoms with E-state index >= 15 is 0 Å². The minimum absolute atomic E-state index is 0.376. The van der Waals surface area contributed by atoms with Gasteiger partial charge >= 0.3 is 5.97 Å². The number of anilines is 1. The lowest BCUT2D eigenvalue weighted by molar-refractivity contribution is -0.164. The Morgan fingerprint density at radius 3 is 2.39 bits per heavy atom. The third kappa shape index (κ3) is 4.31. The Hall–Kier alpha value is -2.83. The van der Waals surface area contributed by atoms with E-state index in [0.717, 1.165) is 60.5 Å². The number of aromatic nitrogens is 1. The van der Waals surface area contributed by atoms with Gasteiger partial charge in [0, 0.05) is 42.2 Å². The highest BCUT2D eigenvalue weighted by Gasteiger charge is 2.37. The fourth-order valence-corrected chi connectivity index (χ4v) is 5.70. The van der Waals surface area contributed by atoms with Crippen molar-refractivity contribution in [2.24, 2.45) is 5.92 Å². The van der Waals surface area contributed by atoms with Crippen LogP contribution in [-0.2, 0) is 25.5 Å². The van der Waals surface area contributed by atoms with Crippen molar-refractivity contribution in [1.82, 2.24) is 4.57 Å². The highest BCUT2D eigenvalue weighted by molar-refractivity contribution is 6.07. The van der Waals surface area contributed by atoms with E-state index in [-0.39, 0.29) is 5.97 Å². The quantitative estimate of drug-likeness (QED) is 0.413. The van der Waals surface area contributed by atoms with Crippen LogP contribution in [0.5, 0.6) is 0 Å². The minimum atomic E-state index is -0.841. The molecule has 2 aromatic carbocycles. The molecule has 0 unspecified atom stereocenters. The van der Waals surface area contributed by atoms with Crippen LogP contribution in [0.1, 0.15) is 49.3 Å². The highest BCUT2D eigenvalue weighted by atomic mass is 16.6. The fourth-order valence-electron chi connectivity index (χ4n) is 5.70. The SMILES string of the molecule is COC(=O)[C@@H](OC(C)(C)C)c1c(C)c2c3c(cc(C)n3CCN2CC2COC2)c1-c1ccc(C)cc1. The Kier molecular flexibility index (Phi) is 6.38. The maximum absolute atomic E-state index is 13.3. The number of hydrogen-bond acceptors (Lipinski definition) is 5. The Morgan fingerprint density at radius 1 is 1.11 bits per heavy atom. The minimum Gasteiger partial charge on any atom is -0.467 e. The molecule has 1 atom stereocenters. The zero-order valence-corrected chi connectivity index (χ0v) is 22.6. The van der Waals surface area contributed by atoms with Crippen LogP contribution < -0.4 is 4.90 Å². The van der Waals surface area contributed by atoms with E-state index in [1.54, 1.807) is 0 Å². The second-order valence-electron chi connectivity index (χ2n) is 11.3. The van der Waals surface area contributed by atoms with E-state index in [9.17, 15) is 4.79 Å². The number of aryl methyl sites for hydroxylation is 2. The Balaban J connectivity index is 1.84. The number of nitrogens with zero attached hydrogens (tertiary/aromatic N) is 2. The summed E-state index contributed by atoms with van der Waals surface area (Å²) in [5.41, 5.74) is 8.46. The lowest BCUT2D eigenvalue weighted by Gasteiger charge is -2.39. The molecule has 36 heavy (non-hydrogen) atoms. The van der Waals surface area contributed by atoms with Crippen LogP contribution in [-0.4, -0.2) is 49.6 Å². The predicted molar refractivity (Wildman–Crippen MR) is 144 cm³/mol. The monoisotopic (exact) mass is 490 g/mol. The normalized spacial score (nSPS) is 16.8. The van der Waals surface area contributed by atoms with Gasteiger partial charge in [-0.2, -0.15) is 0 Å². The van der Waals surface area contributed by atoms with Crippen LogP contribution in [0, 0.1) is 26.7 Å². The topological polar surface area (TPSA) is 52.9 Å². The molecule has 0 amide bonds. The van der Waals surface area contributed by atoms with Gasteiger partial charge in [0.1, 0.15) is 0 Å². The van der Waals surface area contributed by atoms with Gasteiger partial charge < -0.3 is 23.7 Å². The number of benzene rings is 2. The highest BCUT2D eigenvalue weighted by Crippen LogP contribution is 2.48. The molecule has 0 saturated carbocycles. The first-order valence-electron chi connectivity index (χ1n) is 12.9. The van der Waals surface area contributed by atoms with Gasteiger partial charge in [0.05, 0.1) is 37.1 Å². The Morgan fingerprint density at radius 2 is 1.81 bits per heavy atom. The first-order chi connectivity index (χ1) is 17.1. The molecule has 5 rings (SSSR count). The van der Waals surface area contributed by atoms with Crippen molar-refractivity contribution in [3.8, 4) is 11.1 Å². The van der Waals surface area contributed by atoms with Crippen molar-refractivity contribution in [2.45, 2.75) is 59.8 Å². The molecular weight excluding hydrogens is 452 g/mol. The maximum Gasteiger partial charge on any atom is 0.339 e.